The van der Waals surface area contributed by atoms with E-state index < -0.39 is 138 Å². The van der Waals surface area contributed by atoms with Crippen molar-refractivity contribution in [3.63, 3.8) is 0 Å². The average molecular weight is 1050 g/mol. The summed E-state index contributed by atoms with van der Waals surface area (Å²) < 4.78 is 0. The fraction of sp³-hybridized carbons (Fsp3) is 0.667. The fourth-order valence-electron chi connectivity index (χ4n) is 9.54. The van der Waals surface area contributed by atoms with Crippen molar-refractivity contribution < 1.29 is 63.0 Å². The predicted molar refractivity (Wildman–Crippen MR) is 272 cm³/mol. The summed E-state index contributed by atoms with van der Waals surface area (Å²) in [6.45, 7) is 13.4. The molecule has 3 aliphatic rings. The monoisotopic (exact) mass is 1050 g/mol. The molecule has 0 aliphatic carbocycles. The smallest absolute Gasteiger partial charge is 0.326 e. The molecule has 11 N–H and O–H groups in total. The zero-order valence-corrected chi connectivity index (χ0v) is 44.4. The number of carbonyl (C=O) groups is 11. The molecule has 3 fully saturated rings. The molecule has 24 heteroatoms. The lowest BCUT2D eigenvalue weighted by atomic mass is 9.95. The van der Waals surface area contributed by atoms with Gasteiger partial charge in [-0.2, -0.15) is 0 Å². The van der Waals surface area contributed by atoms with Crippen molar-refractivity contribution in [3.8, 4) is 5.75 Å². The maximum Gasteiger partial charge on any atom is 0.326 e. The van der Waals surface area contributed by atoms with Crippen LogP contribution >= 0.6 is 0 Å². The van der Waals surface area contributed by atoms with Gasteiger partial charge in [-0.1, -0.05) is 60.1 Å². The van der Waals surface area contributed by atoms with Crippen LogP contribution in [0.3, 0.4) is 0 Å². The summed E-state index contributed by atoms with van der Waals surface area (Å²) in [6, 6.07) is -3.80. The maximum atomic E-state index is 14.2. The number of phenolic OH excluding ortho intramolecular Hbond substituents is 1. The molecule has 0 bridgehead atoms. The van der Waals surface area contributed by atoms with E-state index in [-0.39, 0.29) is 63.5 Å². The minimum Gasteiger partial charge on any atom is -0.508 e. The van der Waals surface area contributed by atoms with E-state index >= 15 is 0 Å². The van der Waals surface area contributed by atoms with Crippen molar-refractivity contribution >= 4 is 65.0 Å². The van der Waals surface area contributed by atoms with E-state index in [0.717, 1.165) is 0 Å². The van der Waals surface area contributed by atoms with Gasteiger partial charge in [-0.3, -0.25) is 47.9 Å². The Kier molecular flexibility index (Phi) is 22.8. The van der Waals surface area contributed by atoms with E-state index in [1.165, 1.54) is 40.7 Å². The highest BCUT2D eigenvalue weighted by molar-refractivity contribution is 5.98. The fourth-order valence-corrected chi connectivity index (χ4v) is 9.54. The van der Waals surface area contributed by atoms with Gasteiger partial charge in [-0.05, 0) is 94.2 Å². The number of nitrogens with one attached hydrogen (secondary N) is 7. The molecule has 10 amide bonds. The van der Waals surface area contributed by atoms with Gasteiger partial charge in [0.05, 0.1) is 13.1 Å². The number of rotatable bonds is 25. The van der Waals surface area contributed by atoms with Crippen LogP contribution in [0, 0.1) is 17.8 Å². The van der Waals surface area contributed by atoms with Gasteiger partial charge in [0.1, 0.15) is 60.1 Å². The summed E-state index contributed by atoms with van der Waals surface area (Å²) in [5, 5.41) is 38.1. The normalized spacial score (nSPS) is 20.2. The molecule has 1 aromatic carbocycles. The highest BCUT2D eigenvalue weighted by Gasteiger charge is 2.43. The zero-order valence-electron chi connectivity index (χ0n) is 44.4. The first kappa shape index (κ1) is 60.7. The average Bonchev–Trinajstić information content (AvgIpc) is 4.18. The molecule has 0 radical (unpaired) electrons. The Labute approximate surface area is 438 Å². The van der Waals surface area contributed by atoms with E-state index in [2.05, 4.69) is 37.2 Å². The number of hydrogen-bond acceptors (Lipinski definition) is 13. The number of amides is 10. The SMILES string of the molecule is CC[C@H](C)[C@H](NC(=O)[C@H](CC(C)C)NC(=O)[C@@H]1CCCN1C(=O)CNC(=O)[C@H](C)NC(=O)[C@@H]1CCCN1C(=O)[C@H](C)NC(=O)CN)C(=O)N[C@H](C(=O)N1CCC[C@H]1C(=O)N[C@@H](Cc1ccc(O)cc1)C(=O)O)C(C)C. The van der Waals surface area contributed by atoms with Crippen molar-refractivity contribution in [2.45, 2.75) is 168 Å². The van der Waals surface area contributed by atoms with Crippen molar-refractivity contribution in [2.24, 2.45) is 23.5 Å². The van der Waals surface area contributed by atoms with Crippen LogP contribution in [0.15, 0.2) is 24.3 Å². The third kappa shape index (κ3) is 16.8. The van der Waals surface area contributed by atoms with E-state index in [4.69, 9.17) is 5.73 Å². The number of likely N-dealkylation sites (tertiary alicyclic amines) is 3. The molecule has 10 atom stereocenters. The number of hydrogen-bond donors (Lipinski definition) is 10. The standard InChI is InChI=1S/C51H79N11O13/c1-9-29(6)42(48(71)58-41(28(4)5)50(73)62-22-12-15-38(62)47(70)57-35(51(74)75)24-32-16-18-33(63)19-17-32)59-44(67)34(23-27(2)3)56-46(69)36-13-10-20-60(36)40(65)26-53-43(66)30(7)55-45(68)37-14-11-21-61(37)49(72)31(8)54-39(64)25-52/h16-19,27-31,34-38,41-42,63H,9-15,20-26,52H2,1-8H3,(H,53,66)(H,54,64)(H,55,68)(H,56,69)(H,57,70)(H,58,71)(H,59,67)(H,74,75)/t29-,30-,31-,34-,35-,36-,37-,38-,41-,42-/m0/s1. The van der Waals surface area contributed by atoms with Gasteiger partial charge >= 0.3 is 5.97 Å². The molecular formula is C51H79N11O13. The van der Waals surface area contributed by atoms with Crippen molar-refractivity contribution in [2.75, 3.05) is 32.7 Å². The first-order chi connectivity index (χ1) is 35.4. The number of nitrogens with two attached hydrogens (primary N) is 1. The molecule has 3 heterocycles. The minimum absolute atomic E-state index is 0.00139. The highest BCUT2D eigenvalue weighted by atomic mass is 16.4. The maximum absolute atomic E-state index is 14.2. The summed E-state index contributed by atoms with van der Waals surface area (Å²) in [5.74, 6) is -8.36. The lowest BCUT2D eigenvalue weighted by molar-refractivity contribution is -0.145. The number of carboxylic acid groups (broad SMARTS) is 1. The van der Waals surface area contributed by atoms with Gasteiger partial charge in [0.2, 0.25) is 59.1 Å². The third-order valence-corrected chi connectivity index (χ3v) is 14.0. The summed E-state index contributed by atoms with van der Waals surface area (Å²) in [6.07, 6.45) is 2.81. The Morgan fingerprint density at radius 2 is 1.12 bits per heavy atom. The Balaban J connectivity index is 1.37. The molecule has 3 saturated heterocycles. The summed E-state index contributed by atoms with van der Waals surface area (Å²) >= 11 is 0. The van der Waals surface area contributed by atoms with Crippen molar-refractivity contribution in [1.29, 1.82) is 0 Å². The van der Waals surface area contributed by atoms with Crippen LogP contribution in [0.1, 0.15) is 112 Å². The molecule has 0 saturated carbocycles. The molecule has 24 nitrogen and oxygen atoms in total. The summed E-state index contributed by atoms with van der Waals surface area (Å²) in [4.78, 5) is 151. The van der Waals surface area contributed by atoms with Crippen molar-refractivity contribution in [1.82, 2.24) is 51.9 Å². The van der Waals surface area contributed by atoms with Crippen LogP contribution in [-0.4, -0.2) is 177 Å². The van der Waals surface area contributed by atoms with Crippen molar-refractivity contribution in [3.05, 3.63) is 29.8 Å². The number of nitrogens with zero attached hydrogens (tertiary/aromatic N) is 3. The molecule has 3 aliphatic heterocycles. The van der Waals surface area contributed by atoms with Crippen LogP contribution in [0.5, 0.6) is 5.75 Å². The van der Waals surface area contributed by atoms with Gasteiger partial charge in [-0.15, -0.1) is 0 Å². The van der Waals surface area contributed by atoms with Gasteiger partial charge < -0.3 is 67.9 Å². The van der Waals surface area contributed by atoms with Gasteiger partial charge in [0.15, 0.2) is 0 Å². The molecule has 0 spiro atoms. The first-order valence-corrected chi connectivity index (χ1v) is 26.1. The Bertz CT molecular complexity index is 2240. The van der Waals surface area contributed by atoms with E-state index in [0.29, 0.717) is 37.7 Å². The Hall–Kier alpha value is -6.85. The second-order valence-corrected chi connectivity index (χ2v) is 20.6. The number of phenols is 1. The largest absolute Gasteiger partial charge is 0.508 e. The topological polar surface area (TPSA) is 348 Å². The predicted octanol–water partition coefficient (Wildman–Crippen LogP) is -1.24. The lowest BCUT2D eigenvalue weighted by Gasteiger charge is -2.33. The molecule has 75 heavy (non-hydrogen) atoms. The summed E-state index contributed by atoms with van der Waals surface area (Å²) in [5.41, 5.74) is 5.90. The van der Waals surface area contributed by atoms with E-state index in [1.54, 1.807) is 32.9 Å². The van der Waals surface area contributed by atoms with Crippen LogP contribution in [0.25, 0.3) is 0 Å². The molecule has 4 rings (SSSR count). The minimum atomic E-state index is -1.32. The first-order valence-electron chi connectivity index (χ1n) is 26.1. The van der Waals surface area contributed by atoms with Gasteiger partial charge in [-0.25, -0.2) is 4.79 Å². The Morgan fingerprint density at radius 3 is 1.64 bits per heavy atom. The molecule has 1 aromatic rings. The highest BCUT2D eigenvalue weighted by Crippen LogP contribution is 2.24. The number of aliphatic carboxylic acids is 1. The van der Waals surface area contributed by atoms with Crippen LogP contribution in [0.4, 0.5) is 0 Å². The van der Waals surface area contributed by atoms with E-state index in [9.17, 15) is 63.0 Å². The van der Waals surface area contributed by atoms with Gasteiger partial charge in [0, 0.05) is 26.1 Å². The molecule has 416 valence electrons. The quantitative estimate of drug-likeness (QED) is 0.0548. The number of aromatic hydroxyl groups is 1. The lowest BCUT2D eigenvalue weighted by Crippen LogP contribution is -2.61. The van der Waals surface area contributed by atoms with Gasteiger partial charge in [0.25, 0.3) is 0 Å². The van der Waals surface area contributed by atoms with Crippen LogP contribution in [0.2, 0.25) is 0 Å². The second-order valence-electron chi connectivity index (χ2n) is 20.6. The number of benzene rings is 1. The molecule has 0 unspecified atom stereocenters. The third-order valence-electron chi connectivity index (χ3n) is 14.0. The summed E-state index contributed by atoms with van der Waals surface area (Å²) in [7, 11) is 0. The van der Waals surface area contributed by atoms with Crippen LogP contribution < -0.4 is 43.0 Å². The molecule has 0 aromatic heterocycles. The number of carboxylic acids is 1. The Morgan fingerprint density at radius 1 is 0.613 bits per heavy atom. The number of carbonyl (C=O) groups excluding carboxylic acids is 10. The molecular weight excluding hydrogens is 975 g/mol. The van der Waals surface area contributed by atoms with Crippen LogP contribution in [-0.2, 0) is 59.2 Å². The zero-order chi connectivity index (χ0) is 55.8. The second kappa shape index (κ2) is 28.2. The van der Waals surface area contributed by atoms with E-state index in [1.807, 2.05) is 20.8 Å².